The van der Waals surface area contributed by atoms with E-state index in [0.29, 0.717) is 6.42 Å². The lowest BCUT2D eigenvalue weighted by Gasteiger charge is -2.34. The molecule has 0 bridgehead atoms. The van der Waals surface area contributed by atoms with Gasteiger partial charge in [0.05, 0.1) is 0 Å². The average molecular weight is 391 g/mol. The van der Waals surface area contributed by atoms with E-state index in [9.17, 15) is 4.79 Å². The van der Waals surface area contributed by atoms with Gasteiger partial charge in [-0.3, -0.25) is 14.6 Å². The fraction of sp³-hybridized carbons (Fsp3) is 0.375. The number of amides is 1. The Morgan fingerprint density at radius 3 is 2.38 bits per heavy atom. The maximum atomic E-state index is 12.2. The van der Waals surface area contributed by atoms with Gasteiger partial charge in [-0.15, -0.1) is 0 Å². The Labute approximate surface area is 172 Å². The van der Waals surface area contributed by atoms with Gasteiger partial charge in [0.2, 0.25) is 5.91 Å². The van der Waals surface area contributed by atoms with Crippen molar-refractivity contribution < 1.29 is 4.79 Å². The number of para-hydroxylation sites is 1. The van der Waals surface area contributed by atoms with Gasteiger partial charge in [0.15, 0.2) is 0 Å². The van der Waals surface area contributed by atoms with E-state index in [2.05, 4.69) is 74.4 Å². The number of nitrogens with zero attached hydrogens (tertiary/aromatic N) is 3. The molecular weight excluding hydrogens is 360 g/mol. The summed E-state index contributed by atoms with van der Waals surface area (Å²) in [5, 5.41) is 4.31. The van der Waals surface area contributed by atoms with Crippen molar-refractivity contribution >= 4 is 16.8 Å². The number of carbonyl (C=O) groups excluding carboxylic acids is 1. The zero-order chi connectivity index (χ0) is 19.9. The molecule has 1 amide bonds. The molecule has 1 aliphatic rings. The molecular formula is C24H30N4O. The number of carbonyl (C=O) groups is 1. The number of benzene rings is 2. The number of aromatic nitrogens is 1. The van der Waals surface area contributed by atoms with Gasteiger partial charge in [-0.25, -0.2) is 0 Å². The van der Waals surface area contributed by atoms with Crippen molar-refractivity contribution in [3.8, 4) is 0 Å². The SMILES string of the molecule is O=C(CCn1ccc2ccccc21)NCCN1CCN(Cc2ccccc2)CC1. The second kappa shape index (κ2) is 9.72. The smallest absolute Gasteiger partial charge is 0.221 e. The van der Waals surface area contributed by atoms with Crippen LogP contribution in [0.15, 0.2) is 66.9 Å². The van der Waals surface area contributed by atoms with Gasteiger partial charge in [-0.2, -0.15) is 0 Å². The summed E-state index contributed by atoms with van der Waals surface area (Å²) in [5.74, 6) is 0.130. The molecule has 0 saturated carbocycles. The molecule has 2 aromatic carbocycles. The summed E-state index contributed by atoms with van der Waals surface area (Å²) in [5.41, 5.74) is 2.57. The monoisotopic (exact) mass is 390 g/mol. The molecule has 29 heavy (non-hydrogen) atoms. The van der Waals surface area contributed by atoms with Crippen LogP contribution in [0.5, 0.6) is 0 Å². The Morgan fingerprint density at radius 1 is 0.828 bits per heavy atom. The summed E-state index contributed by atoms with van der Waals surface area (Å²) in [6.07, 6.45) is 2.58. The number of rotatable bonds is 8. The van der Waals surface area contributed by atoms with E-state index in [0.717, 1.165) is 52.4 Å². The van der Waals surface area contributed by atoms with Crippen LogP contribution in [0, 0.1) is 0 Å². The molecule has 1 aliphatic heterocycles. The molecule has 2 heterocycles. The fourth-order valence-corrected chi connectivity index (χ4v) is 4.01. The number of fused-ring (bicyclic) bond motifs is 1. The molecule has 0 spiro atoms. The highest BCUT2D eigenvalue weighted by Gasteiger charge is 2.16. The summed E-state index contributed by atoms with van der Waals surface area (Å²) in [7, 11) is 0. The number of aryl methyl sites for hydroxylation is 1. The first-order valence-corrected chi connectivity index (χ1v) is 10.6. The molecule has 1 aromatic heterocycles. The molecule has 0 aliphatic carbocycles. The molecule has 5 nitrogen and oxygen atoms in total. The van der Waals surface area contributed by atoms with Crippen LogP contribution in [-0.2, 0) is 17.9 Å². The number of nitrogens with one attached hydrogen (secondary N) is 1. The zero-order valence-corrected chi connectivity index (χ0v) is 17.0. The van der Waals surface area contributed by atoms with E-state index in [1.54, 1.807) is 0 Å². The number of hydrogen-bond donors (Lipinski definition) is 1. The molecule has 3 aromatic rings. The van der Waals surface area contributed by atoms with Gasteiger partial charge in [0.25, 0.3) is 0 Å². The summed E-state index contributed by atoms with van der Waals surface area (Å²) >= 11 is 0. The van der Waals surface area contributed by atoms with Crippen LogP contribution in [0.2, 0.25) is 0 Å². The first kappa shape index (κ1) is 19.7. The molecule has 0 unspecified atom stereocenters. The second-order valence-electron chi connectivity index (χ2n) is 7.77. The third-order valence-corrected chi connectivity index (χ3v) is 5.72. The Balaban J connectivity index is 1.12. The molecule has 1 saturated heterocycles. The van der Waals surface area contributed by atoms with Gasteiger partial charge < -0.3 is 9.88 Å². The van der Waals surface area contributed by atoms with Crippen LogP contribution < -0.4 is 5.32 Å². The zero-order valence-electron chi connectivity index (χ0n) is 17.0. The highest BCUT2D eigenvalue weighted by molar-refractivity contribution is 5.80. The minimum Gasteiger partial charge on any atom is -0.355 e. The molecule has 152 valence electrons. The van der Waals surface area contributed by atoms with Gasteiger partial charge >= 0.3 is 0 Å². The van der Waals surface area contributed by atoms with E-state index >= 15 is 0 Å². The van der Waals surface area contributed by atoms with Crippen LogP contribution in [0.4, 0.5) is 0 Å². The minimum atomic E-state index is 0.130. The third kappa shape index (κ3) is 5.46. The van der Waals surface area contributed by atoms with Crippen molar-refractivity contribution in [2.24, 2.45) is 0 Å². The normalized spacial score (nSPS) is 15.6. The molecule has 1 N–H and O–H groups in total. The lowest BCUT2D eigenvalue weighted by molar-refractivity contribution is -0.121. The van der Waals surface area contributed by atoms with Crippen molar-refractivity contribution in [3.63, 3.8) is 0 Å². The minimum absolute atomic E-state index is 0.130. The van der Waals surface area contributed by atoms with Crippen LogP contribution in [0.25, 0.3) is 10.9 Å². The van der Waals surface area contributed by atoms with Gasteiger partial charge in [-0.05, 0) is 23.1 Å². The fourth-order valence-electron chi connectivity index (χ4n) is 4.01. The van der Waals surface area contributed by atoms with Crippen molar-refractivity contribution in [2.75, 3.05) is 39.3 Å². The van der Waals surface area contributed by atoms with Crippen molar-refractivity contribution in [1.29, 1.82) is 0 Å². The highest BCUT2D eigenvalue weighted by Crippen LogP contribution is 2.15. The summed E-state index contributed by atoms with van der Waals surface area (Å²) < 4.78 is 2.15. The standard InChI is InChI=1S/C24H30N4O/c29-24(11-14-28-13-10-22-8-4-5-9-23(22)28)25-12-15-26-16-18-27(19-17-26)20-21-6-2-1-3-7-21/h1-10,13H,11-12,14-20H2,(H,25,29). The Hall–Kier alpha value is -2.63. The first-order chi connectivity index (χ1) is 14.3. The maximum absolute atomic E-state index is 12.2. The molecule has 0 radical (unpaired) electrons. The molecule has 0 atom stereocenters. The van der Waals surface area contributed by atoms with Gasteiger partial charge in [-0.1, -0.05) is 48.5 Å². The van der Waals surface area contributed by atoms with Crippen LogP contribution in [-0.4, -0.2) is 59.5 Å². The maximum Gasteiger partial charge on any atom is 0.221 e. The van der Waals surface area contributed by atoms with E-state index in [1.165, 1.54) is 16.5 Å². The average Bonchev–Trinajstić information content (AvgIpc) is 3.17. The van der Waals surface area contributed by atoms with Gasteiger partial charge in [0.1, 0.15) is 0 Å². The summed E-state index contributed by atoms with van der Waals surface area (Å²) in [4.78, 5) is 17.2. The largest absolute Gasteiger partial charge is 0.355 e. The van der Waals surface area contributed by atoms with Crippen LogP contribution in [0.3, 0.4) is 0 Å². The Morgan fingerprint density at radius 2 is 1.55 bits per heavy atom. The van der Waals surface area contributed by atoms with Crippen molar-refractivity contribution in [1.82, 2.24) is 19.7 Å². The number of piperazine rings is 1. The second-order valence-corrected chi connectivity index (χ2v) is 7.77. The highest BCUT2D eigenvalue weighted by atomic mass is 16.1. The van der Waals surface area contributed by atoms with Gasteiger partial charge in [0, 0.05) is 70.5 Å². The topological polar surface area (TPSA) is 40.5 Å². The van der Waals surface area contributed by atoms with E-state index in [1.807, 2.05) is 12.1 Å². The quantitative estimate of drug-likeness (QED) is 0.643. The lowest BCUT2D eigenvalue weighted by Crippen LogP contribution is -2.48. The molecule has 1 fully saturated rings. The van der Waals surface area contributed by atoms with Crippen LogP contribution >= 0.6 is 0 Å². The predicted molar refractivity (Wildman–Crippen MR) is 118 cm³/mol. The van der Waals surface area contributed by atoms with E-state index in [-0.39, 0.29) is 5.91 Å². The lowest BCUT2D eigenvalue weighted by atomic mass is 10.2. The van der Waals surface area contributed by atoms with E-state index < -0.39 is 0 Å². The third-order valence-electron chi connectivity index (χ3n) is 5.72. The molecule has 5 heteroatoms. The predicted octanol–water partition coefficient (Wildman–Crippen LogP) is 2.97. The Kier molecular flexibility index (Phi) is 6.60. The van der Waals surface area contributed by atoms with Crippen molar-refractivity contribution in [3.05, 3.63) is 72.4 Å². The first-order valence-electron chi connectivity index (χ1n) is 10.6. The van der Waals surface area contributed by atoms with Crippen LogP contribution in [0.1, 0.15) is 12.0 Å². The number of hydrogen-bond acceptors (Lipinski definition) is 3. The Bertz CT molecular complexity index is 913. The summed E-state index contributed by atoms with van der Waals surface area (Å²) in [6, 6.07) is 21.0. The van der Waals surface area contributed by atoms with Crippen molar-refractivity contribution in [2.45, 2.75) is 19.5 Å². The summed E-state index contributed by atoms with van der Waals surface area (Å²) in [6.45, 7) is 7.71. The molecule has 4 rings (SSSR count). The van der Waals surface area contributed by atoms with E-state index in [4.69, 9.17) is 0 Å².